The zero-order valence-corrected chi connectivity index (χ0v) is 14.4. The van der Waals surface area contributed by atoms with Gasteiger partial charge < -0.3 is 5.73 Å². The van der Waals surface area contributed by atoms with Crippen LogP contribution < -0.4 is 10.5 Å². The topological polar surface area (TPSA) is 72.2 Å². The molecule has 0 amide bonds. The Bertz CT molecular complexity index is 648. The van der Waals surface area contributed by atoms with Gasteiger partial charge in [-0.15, -0.1) is 0 Å². The predicted octanol–water partition coefficient (Wildman–Crippen LogP) is 2.74. The third-order valence-electron chi connectivity index (χ3n) is 4.67. The average molecular weight is 322 g/mol. The Morgan fingerprint density at radius 3 is 2.50 bits per heavy atom. The van der Waals surface area contributed by atoms with E-state index in [2.05, 4.69) is 11.3 Å². The number of nitrogens with one attached hydrogen (secondary N) is 1. The molecule has 122 valence electrons. The van der Waals surface area contributed by atoms with Crippen molar-refractivity contribution in [3.63, 3.8) is 0 Å². The van der Waals surface area contributed by atoms with Crippen molar-refractivity contribution < 1.29 is 8.42 Å². The summed E-state index contributed by atoms with van der Waals surface area (Å²) in [6.45, 7) is 9.85. The van der Waals surface area contributed by atoms with Gasteiger partial charge in [0, 0.05) is 11.6 Å². The number of allylic oxidation sites excluding steroid dienone is 1. The van der Waals surface area contributed by atoms with Crippen LogP contribution in [0.2, 0.25) is 0 Å². The normalized spacial score (nSPS) is 29.3. The number of benzene rings is 1. The van der Waals surface area contributed by atoms with Crippen molar-refractivity contribution in [3.8, 4) is 0 Å². The smallest absolute Gasteiger partial charge is 0.240 e. The van der Waals surface area contributed by atoms with Gasteiger partial charge in [-0.3, -0.25) is 0 Å². The molecule has 3 atom stereocenters. The van der Waals surface area contributed by atoms with E-state index in [9.17, 15) is 8.42 Å². The Balaban J connectivity index is 2.22. The Labute approximate surface area is 133 Å². The Kier molecular flexibility index (Phi) is 4.80. The summed E-state index contributed by atoms with van der Waals surface area (Å²) in [7, 11) is -3.56. The molecular weight excluding hydrogens is 296 g/mol. The summed E-state index contributed by atoms with van der Waals surface area (Å²) >= 11 is 0. The molecule has 0 radical (unpaired) electrons. The minimum absolute atomic E-state index is 0.283. The fraction of sp³-hybridized carbons (Fsp3) is 0.529. The van der Waals surface area contributed by atoms with Crippen LogP contribution in [0.4, 0.5) is 0 Å². The molecule has 0 unspecified atom stereocenters. The van der Waals surface area contributed by atoms with E-state index in [4.69, 9.17) is 5.73 Å². The Morgan fingerprint density at radius 1 is 1.36 bits per heavy atom. The van der Waals surface area contributed by atoms with Gasteiger partial charge in [0.25, 0.3) is 0 Å². The van der Waals surface area contributed by atoms with E-state index >= 15 is 0 Å². The highest BCUT2D eigenvalue weighted by molar-refractivity contribution is 7.89. The highest BCUT2D eigenvalue weighted by atomic mass is 32.2. The third-order valence-corrected chi connectivity index (χ3v) is 6.16. The van der Waals surface area contributed by atoms with Crippen molar-refractivity contribution in [3.05, 3.63) is 42.0 Å². The first-order chi connectivity index (χ1) is 10.1. The summed E-state index contributed by atoms with van der Waals surface area (Å²) in [6.07, 6.45) is 2.45. The van der Waals surface area contributed by atoms with Gasteiger partial charge in [-0.1, -0.05) is 29.8 Å². The summed E-state index contributed by atoms with van der Waals surface area (Å²) in [4.78, 5) is 0.284. The zero-order valence-electron chi connectivity index (χ0n) is 13.6. The molecule has 0 heterocycles. The number of hydrogen-bond acceptors (Lipinski definition) is 3. The molecule has 0 aliphatic heterocycles. The Hall–Kier alpha value is -1.17. The molecule has 2 rings (SSSR count). The fourth-order valence-corrected chi connectivity index (χ4v) is 4.30. The summed E-state index contributed by atoms with van der Waals surface area (Å²) in [5.74, 6) is 0.322. The first-order valence-electron chi connectivity index (χ1n) is 7.65. The van der Waals surface area contributed by atoms with Crippen LogP contribution in [0, 0.1) is 12.8 Å². The minimum Gasteiger partial charge on any atom is -0.324 e. The van der Waals surface area contributed by atoms with Crippen LogP contribution in [0.3, 0.4) is 0 Å². The lowest BCUT2D eigenvalue weighted by Crippen LogP contribution is -2.59. The molecule has 3 N–H and O–H groups in total. The van der Waals surface area contributed by atoms with Gasteiger partial charge in [0.05, 0.1) is 4.90 Å². The highest BCUT2D eigenvalue weighted by Gasteiger charge is 2.39. The van der Waals surface area contributed by atoms with E-state index in [1.807, 2.05) is 20.8 Å². The van der Waals surface area contributed by atoms with Crippen molar-refractivity contribution in [2.75, 3.05) is 0 Å². The van der Waals surface area contributed by atoms with E-state index in [1.54, 1.807) is 24.3 Å². The standard InChI is InChI=1S/C17H26N2O2S/c1-12(2)14-9-10-17(4,18)16(11-14)19-22(20,21)15-7-5-13(3)6-8-15/h5-8,14,16,19H,1,9-11,18H2,2-4H3/t14-,16-,17-/m1/s1. The first kappa shape index (κ1) is 17.2. The predicted molar refractivity (Wildman–Crippen MR) is 90.0 cm³/mol. The van der Waals surface area contributed by atoms with Crippen molar-refractivity contribution in [2.24, 2.45) is 11.7 Å². The van der Waals surface area contributed by atoms with Crippen LogP contribution in [0.25, 0.3) is 0 Å². The van der Waals surface area contributed by atoms with Crippen LogP contribution >= 0.6 is 0 Å². The lowest BCUT2D eigenvalue weighted by Gasteiger charge is -2.42. The maximum absolute atomic E-state index is 12.6. The van der Waals surface area contributed by atoms with Crippen molar-refractivity contribution >= 4 is 10.0 Å². The molecule has 0 saturated heterocycles. The van der Waals surface area contributed by atoms with Crippen LogP contribution in [-0.2, 0) is 10.0 Å². The second-order valence-electron chi connectivity index (χ2n) is 6.81. The van der Waals surface area contributed by atoms with E-state index in [1.165, 1.54) is 0 Å². The number of nitrogens with two attached hydrogens (primary N) is 1. The highest BCUT2D eigenvalue weighted by Crippen LogP contribution is 2.34. The van der Waals surface area contributed by atoms with Gasteiger partial charge in [0.2, 0.25) is 10.0 Å². The van der Waals surface area contributed by atoms with E-state index < -0.39 is 15.6 Å². The quantitative estimate of drug-likeness (QED) is 0.837. The lowest BCUT2D eigenvalue weighted by molar-refractivity contribution is 0.220. The molecule has 1 saturated carbocycles. The SMILES string of the molecule is C=C(C)[C@@H]1CC[C@@](C)(N)[C@H](NS(=O)(=O)c2ccc(C)cc2)C1. The van der Waals surface area contributed by atoms with Gasteiger partial charge in [0.1, 0.15) is 0 Å². The zero-order chi connectivity index (χ0) is 16.5. The summed E-state index contributed by atoms with van der Waals surface area (Å²) < 4.78 is 28.0. The maximum atomic E-state index is 12.6. The molecule has 1 aromatic rings. The fourth-order valence-electron chi connectivity index (χ4n) is 2.93. The monoisotopic (exact) mass is 322 g/mol. The van der Waals surface area contributed by atoms with Crippen LogP contribution in [0.1, 0.15) is 38.7 Å². The molecule has 0 bridgehead atoms. The molecule has 5 heteroatoms. The molecule has 4 nitrogen and oxygen atoms in total. The molecule has 22 heavy (non-hydrogen) atoms. The Morgan fingerprint density at radius 2 is 1.95 bits per heavy atom. The van der Waals surface area contributed by atoms with Gasteiger partial charge in [-0.2, -0.15) is 0 Å². The van der Waals surface area contributed by atoms with Crippen LogP contribution in [-0.4, -0.2) is 20.0 Å². The molecular formula is C17H26N2O2S. The second-order valence-corrected chi connectivity index (χ2v) is 8.52. The molecule has 0 aromatic heterocycles. The van der Waals surface area contributed by atoms with Gasteiger partial charge in [-0.25, -0.2) is 13.1 Å². The molecule has 1 aliphatic carbocycles. The van der Waals surface area contributed by atoms with Crippen molar-refractivity contribution in [2.45, 2.75) is 56.5 Å². The van der Waals surface area contributed by atoms with E-state index in [0.29, 0.717) is 12.3 Å². The van der Waals surface area contributed by atoms with Gasteiger partial charge in [0.15, 0.2) is 0 Å². The molecule has 1 fully saturated rings. The van der Waals surface area contributed by atoms with Crippen molar-refractivity contribution in [1.82, 2.24) is 4.72 Å². The molecule has 0 spiro atoms. The van der Waals surface area contributed by atoms with Gasteiger partial charge >= 0.3 is 0 Å². The number of aryl methyl sites for hydroxylation is 1. The van der Waals surface area contributed by atoms with E-state index in [-0.39, 0.29) is 10.9 Å². The number of rotatable bonds is 4. The number of hydrogen-bond donors (Lipinski definition) is 2. The summed E-state index contributed by atoms with van der Waals surface area (Å²) in [5, 5.41) is 0. The largest absolute Gasteiger partial charge is 0.324 e. The number of sulfonamides is 1. The first-order valence-corrected chi connectivity index (χ1v) is 9.13. The lowest BCUT2D eigenvalue weighted by atomic mass is 9.73. The average Bonchev–Trinajstić information content (AvgIpc) is 2.41. The summed E-state index contributed by atoms with van der Waals surface area (Å²) in [6, 6.07) is 6.57. The maximum Gasteiger partial charge on any atom is 0.240 e. The van der Waals surface area contributed by atoms with Crippen molar-refractivity contribution in [1.29, 1.82) is 0 Å². The molecule has 1 aromatic carbocycles. The molecule has 1 aliphatic rings. The van der Waals surface area contributed by atoms with Crippen LogP contribution in [0.15, 0.2) is 41.3 Å². The van der Waals surface area contributed by atoms with Crippen LogP contribution in [0.5, 0.6) is 0 Å². The second kappa shape index (κ2) is 6.14. The minimum atomic E-state index is -3.56. The summed E-state index contributed by atoms with van der Waals surface area (Å²) in [5.41, 5.74) is 7.92. The van der Waals surface area contributed by atoms with E-state index in [0.717, 1.165) is 24.0 Å². The third kappa shape index (κ3) is 3.77. The van der Waals surface area contributed by atoms with Gasteiger partial charge in [-0.05, 0) is 58.1 Å².